The highest BCUT2D eigenvalue weighted by Gasteiger charge is 2.50. The number of rotatable bonds is 8. The maximum atomic E-state index is 12.7. The van der Waals surface area contributed by atoms with E-state index in [1.54, 1.807) is 37.6 Å². The topological polar surface area (TPSA) is 173 Å². The fraction of sp³-hybridized carbons (Fsp3) is 0.684. The van der Waals surface area contributed by atoms with E-state index in [4.69, 9.17) is 15.0 Å². The van der Waals surface area contributed by atoms with Crippen LogP contribution >= 0.6 is 7.60 Å². The molecule has 3 rings (SSSR count). The molecule has 0 bridgehead atoms. The zero-order valence-corrected chi connectivity index (χ0v) is 18.9. The van der Waals surface area contributed by atoms with Crippen molar-refractivity contribution in [2.24, 2.45) is 0 Å². The minimum atomic E-state index is -4.41. The summed E-state index contributed by atoms with van der Waals surface area (Å²) in [5.74, 6) is 0.280. The van der Waals surface area contributed by atoms with Crippen molar-refractivity contribution in [3.63, 3.8) is 0 Å². The third-order valence-corrected chi connectivity index (χ3v) is 8.38. The Bertz CT molecular complexity index is 983. The Morgan fingerprint density at radius 2 is 1.94 bits per heavy atom. The molecule has 0 spiro atoms. The highest BCUT2D eigenvalue weighted by Crippen LogP contribution is 2.59. The smallest absolute Gasteiger partial charge is 0.359 e. The van der Waals surface area contributed by atoms with Gasteiger partial charge in [0.15, 0.2) is 11.6 Å². The van der Waals surface area contributed by atoms with Gasteiger partial charge >= 0.3 is 7.60 Å². The molecule has 0 aromatic carbocycles. The lowest BCUT2D eigenvalue weighted by Gasteiger charge is -2.37. The molecule has 3 unspecified atom stereocenters. The maximum Gasteiger partial charge on any atom is 0.359 e. The van der Waals surface area contributed by atoms with Crippen LogP contribution in [0.3, 0.4) is 0 Å². The molecule has 1 aliphatic rings. The maximum absolute atomic E-state index is 12.7. The standard InChI is InChI=1S/C19H31N4O7P/c1-5-18(3,30-31(27,28)19(4,26)6-2)9-12-13(24)14(25)17(29-12)23-8-7-11-15(20)21-10-22-16(11)23/h7-8,10,12-14,17,24-26H,5-6,9H2,1-4H3,(H,27,28)(H2,20,21,22)/t12-,13-,14-,17-,18?,19?/m1/s1. The molecule has 7 atom stereocenters. The largest absolute Gasteiger partial charge is 0.388 e. The van der Waals surface area contributed by atoms with Gasteiger partial charge in [-0.15, -0.1) is 0 Å². The Morgan fingerprint density at radius 1 is 1.26 bits per heavy atom. The van der Waals surface area contributed by atoms with Crippen LogP contribution in [0.4, 0.5) is 5.82 Å². The van der Waals surface area contributed by atoms with Crippen LogP contribution in [0.25, 0.3) is 11.0 Å². The number of aliphatic hydroxyl groups excluding tert-OH is 2. The molecule has 3 heterocycles. The molecular formula is C19H31N4O7P. The summed E-state index contributed by atoms with van der Waals surface area (Å²) >= 11 is 0. The summed E-state index contributed by atoms with van der Waals surface area (Å²) in [5, 5.41) is 30.2. The Balaban J connectivity index is 1.83. The predicted octanol–water partition coefficient (Wildman–Crippen LogP) is 1.51. The molecule has 6 N–H and O–H groups in total. The first kappa shape index (κ1) is 24.1. The van der Waals surface area contributed by atoms with Gasteiger partial charge in [-0.3, -0.25) is 4.57 Å². The van der Waals surface area contributed by atoms with E-state index < -0.39 is 43.1 Å². The molecule has 2 aromatic rings. The zero-order chi connectivity index (χ0) is 23.2. The molecule has 31 heavy (non-hydrogen) atoms. The van der Waals surface area contributed by atoms with Gasteiger partial charge in [0, 0.05) is 12.6 Å². The minimum Gasteiger partial charge on any atom is -0.388 e. The second-order valence-electron chi connectivity index (χ2n) is 8.46. The Morgan fingerprint density at radius 3 is 2.55 bits per heavy atom. The van der Waals surface area contributed by atoms with E-state index in [1.165, 1.54) is 13.3 Å². The first-order valence-corrected chi connectivity index (χ1v) is 11.8. The van der Waals surface area contributed by atoms with E-state index >= 15 is 0 Å². The minimum absolute atomic E-state index is 0.0128. The molecular weight excluding hydrogens is 427 g/mol. The number of nitrogens with two attached hydrogens (primary N) is 1. The van der Waals surface area contributed by atoms with Gasteiger partial charge < -0.3 is 39.8 Å². The van der Waals surface area contributed by atoms with Crippen molar-refractivity contribution in [2.45, 2.75) is 82.4 Å². The van der Waals surface area contributed by atoms with Crippen LogP contribution in [0.2, 0.25) is 0 Å². The van der Waals surface area contributed by atoms with Crippen molar-refractivity contribution in [3.05, 3.63) is 18.6 Å². The van der Waals surface area contributed by atoms with Gasteiger partial charge in [-0.1, -0.05) is 13.8 Å². The van der Waals surface area contributed by atoms with Crippen LogP contribution in [-0.4, -0.2) is 64.0 Å². The number of hydrogen-bond donors (Lipinski definition) is 5. The van der Waals surface area contributed by atoms with Crippen LogP contribution in [0, 0.1) is 0 Å². The average Bonchev–Trinajstić information content (AvgIpc) is 3.25. The number of hydrogen-bond acceptors (Lipinski definition) is 9. The van der Waals surface area contributed by atoms with Gasteiger partial charge in [0.25, 0.3) is 0 Å². The van der Waals surface area contributed by atoms with E-state index in [1.807, 2.05) is 0 Å². The molecule has 0 saturated carbocycles. The third-order valence-electron chi connectivity index (χ3n) is 6.15. The summed E-state index contributed by atoms with van der Waals surface area (Å²) in [5.41, 5.74) is 5.10. The van der Waals surface area contributed by atoms with Crippen molar-refractivity contribution in [1.82, 2.24) is 14.5 Å². The van der Waals surface area contributed by atoms with Crippen molar-refractivity contribution in [3.8, 4) is 0 Å². The second kappa shape index (κ2) is 8.40. The lowest BCUT2D eigenvalue weighted by atomic mass is 9.93. The lowest BCUT2D eigenvalue weighted by Crippen LogP contribution is -2.40. The Hall–Kier alpha value is -1.59. The summed E-state index contributed by atoms with van der Waals surface area (Å²) in [7, 11) is -4.41. The van der Waals surface area contributed by atoms with Crippen LogP contribution in [0.1, 0.15) is 53.2 Å². The van der Waals surface area contributed by atoms with Crippen LogP contribution < -0.4 is 5.73 Å². The first-order chi connectivity index (χ1) is 14.4. The second-order valence-corrected chi connectivity index (χ2v) is 10.6. The Kier molecular flexibility index (Phi) is 6.52. The van der Waals surface area contributed by atoms with E-state index in [0.29, 0.717) is 17.5 Å². The van der Waals surface area contributed by atoms with Crippen molar-refractivity contribution < 1.29 is 34.0 Å². The van der Waals surface area contributed by atoms with Crippen molar-refractivity contribution in [1.29, 1.82) is 0 Å². The highest BCUT2D eigenvalue weighted by molar-refractivity contribution is 7.54. The summed E-state index contributed by atoms with van der Waals surface area (Å²) < 4.78 is 25.7. The molecule has 1 fully saturated rings. The number of anilines is 1. The fourth-order valence-electron chi connectivity index (χ4n) is 3.59. The van der Waals surface area contributed by atoms with E-state index in [9.17, 15) is 24.8 Å². The molecule has 12 heteroatoms. The van der Waals surface area contributed by atoms with Crippen LogP contribution in [0.15, 0.2) is 18.6 Å². The number of fused-ring (bicyclic) bond motifs is 1. The van der Waals surface area contributed by atoms with Gasteiger partial charge in [0.05, 0.1) is 17.1 Å². The lowest BCUT2D eigenvalue weighted by molar-refractivity contribution is -0.0688. The van der Waals surface area contributed by atoms with Crippen molar-refractivity contribution in [2.75, 3.05) is 5.73 Å². The Labute approximate surface area is 180 Å². The van der Waals surface area contributed by atoms with Crippen LogP contribution in [-0.2, 0) is 13.8 Å². The molecule has 1 saturated heterocycles. The van der Waals surface area contributed by atoms with Gasteiger partial charge in [0.2, 0.25) is 0 Å². The summed E-state index contributed by atoms with van der Waals surface area (Å²) in [6.45, 7) is 6.19. The molecule has 0 radical (unpaired) electrons. The zero-order valence-electron chi connectivity index (χ0n) is 18.0. The monoisotopic (exact) mass is 458 g/mol. The van der Waals surface area contributed by atoms with E-state index in [0.717, 1.165) is 0 Å². The van der Waals surface area contributed by atoms with Gasteiger partial charge in [-0.05, 0) is 32.8 Å². The number of nitrogens with zero attached hydrogens (tertiary/aromatic N) is 3. The normalized spacial score (nSPS) is 30.1. The average molecular weight is 458 g/mol. The molecule has 174 valence electrons. The van der Waals surface area contributed by atoms with Crippen LogP contribution in [0.5, 0.6) is 0 Å². The molecule has 0 aliphatic carbocycles. The molecule has 0 amide bonds. The molecule has 1 aliphatic heterocycles. The number of aromatic nitrogens is 3. The summed E-state index contributed by atoms with van der Waals surface area (Å²) in [6, 6.07) is 1.69. The molecule has 2 aromatic heterocycles. The van der Waals surface area contributed by atoms with Gasteiger partial charge in [-0.25, -0.2) is 9.97 Å². The summed E-state index contributed by atoms with van der Waals surface area (Å²) in [4.78, 5) is 18.5. The number of aliphatic hydroxyl groups is 3. The number of nitrogen functional groups attached to an aromatic ring is 1. The summed E-state index contributed by atoms with van der Waals surface area (Å²) in [6.07, 6.45) is -1.13. The predicted molar refractivity (Wildman–Crippen MR) is 113 cm³/mol. The van der Waals surface area contributed by atoms with Gasteiger partial charge in [-0.2, -0.15) is 0 Å². The first-order valence-electron chi connectivity index (χ1n) is 10.2. The third kappa shape index (κ3) is 4.36. The molecule has 11 nitrogen and oxygen atoms in total. The fourth-order valence-corrected chi connectivity index (χ4v) is 4.99. The number of ether oxygens (including phenoxy) is 1. The van der Waals surface area contributed by atoms with E-state index in [-0.39, 0.29) is 18.7 Å². The van der Waals surface area contributed by atoms with Gasteiger partial charge in [0.1, 0.15) is 30.0 Å². The quantitative estimate of drug-likeness (QED) is 0.365. The van der Waals surface area contributed by atoms with E-state index in [2.05, 4.69) is 9.97 Å². The van der Waals surface area contributed by atoms with Crippen molar-refractivity contribution >= 4 is 24.4 Å². The SMILES string of the molecule is CCC(C)(C[C@H]1O[C@@H](n2ccc3c(N)ncnc32)[C@H](O)[C@@H]1O)OP(=O)(O)C(C)(O)CC. The highest BCUT2D eigenvalue weighted by atomic mass is 31.2.